The third-order valence-corrected chi connectivity index (χ3v) is 5.41. The molecule has 2 heterocycles. The fourth-order valence-electron chi connectivity index (χ4n) is 2.45. The van der Waals surface area contributed by atoms with E-state index in [1.165, 1.54) is 0 Å². The molecule has 0 spiro atoms. The molecule has 1 atom stereocenters. The van der Waals surface area contributed by atoms with Crippen LogP contribution in [0.2, 0.25) is 0 Å². The van der Waals surface area contributed by atoms with Gasteiger partial charge in [-0.25, -0.2) is 13.4 Å². The molecular weight excluding hydrogens is 274 g/mol. The number of sulfone groups is 1. The number of nitrogens with one attached hydrogen (secondary N) is 1. The van der Waals surface area contributed by atoms with Crippen molar-refractivity contribution in [2.75, 3.05) is 23.5 Å². The average molecular weight is 297 g/mol. The zero-order valence-corrected chi connectivity index (χ0v) is 13.2. The predicted octanol–water partition coefficient (Wildman–Crippen LogP) is 1.20. The van der Waals surface area contributed by atoms with Crippen LogP contribution in [0.15, 0.2) is 18.3 Å². The minimum atomic E-state index is -2.87. The lowest BCUT2D eigenvalue weighted by atomic mass is 10.2. The molecule has 112 valence electrons. The molecule has 0 aliphatic carbocycles. The molecule has 6 heteroatoms. The minimum Gasteiger partial charge on any atom is -0.355 e. The van der Waals surface area contributed by atoms with Gasteiger partial charge in [-0.1, -0.05) is 19.9 Å². The normalized spacial score (nSPS) is 21.3. The number of aromatic nitrogens is 1. The van der Waals surface area contributed by atoms with Gasteiger partial charge in [0.2, 0.25) is 0 Å². The topological polar surface area (TPSA) is 62.3 Å². The Kier molecular flexibility index (Phi) is 4.65. The maximum atomic E-state index is 11.6. The van der Waals surface area contributed by atoms with Gasteiger partial charge in [0.1, 0.15) is 5.82 Å². The highest BCUT2D eigenvalue weighted by Crippen LogP contribution is 2.24. The van der Waals surface area contributed by atoms with Crippen LogP contribution in [0.3, 0.4) is 0 Å². The second-order valence-electron chi connectivity index (χ2n) is 5.69. The Balaban J connectivity index is 2.15. The molecule has 1 aromatic rings. The fraction of sp³-hybridized carbons (Fsp3) is 0.643. The summed E-state index contributed by atoms with van der Waals surface area (Å²) in [6.45, 7) is 4.94. The molecule has 0 radical (unpaired) electrons. The lowest BCUT2D eigenvalue weighted by Gasteiger charge is -2.27. The van der Waals surface area contributed by atoms with E-state index in [4.69, 9.17) is 0 Å². The largest absolute Gasteiger partial charge is 0.355 e. The smallest absolute Gasteiger partial charge is 0.152 e. The summed E-state index contributed by atoms with van der Waals surface area (Å²) in [5.41, 5.74) is 1.10. The van der Waals surface area contributed by atoms with Gasteiger partial charge in [0.05, 0.1) is 11.5 Å². The summed E-state index contributed by atoms with van der Waals surface area (Å²) < 4.78 is 23.2. The first kappa shape index (κ1) is 15.3. The number of pyridine rings is 1. The first-order valence-corrected chi connectivity index (χ1v) is 8.82. The minimum absolute atomic E-state index is 0.0349. The average Bonchev–Trinajstić information content (AvgIpc) is 2.76. The third kappa shape index (κ3) is 3.70. The zero-order chi connectivity index (χ0) is 14.8. The molecule has 2 rings (SSSR count). The van der Waals surface area contributed by atoms with Gasteiger partial charge in [0, 0.05) is 37.4 Å². The Labute approximate surface area is 121 Å². The molecule has 1 aliphatic rings. The van der Waals surface area contributed by atoms with Crippen LogP contribution < -0.4 is 10.2 Å². The fourth-order valence-corrected chi connectivity index (χ4v) is 4.23. The second kappa shape index (κ2) is 6.10. The summed E-state index contributed by atoms with van der Waals surface area (Å²) in [6, 6.07) is 4.39. The van der Waals surface area contributed by atoms with Gasteiger partial charge in [0.25, 0.3) is 0 Å². The van der Waals surface area contributed by atoms with Crippen molar-refractivity contribution in [3.05, 3.63) is 23.9 Å². The van der Waals surface area contributed by atoms with E-state index >= 15 is 0 Å². The standard InChI is InChI=1S/C14H23N3O2S/c1-11(2)16-9-12-5-4-7-15-14(12)17(3)13-6-8-20(18,19)10-13/h4-5,7,11,13,16H,6,8-10H2,1-3H3. The predicted molar refractivity (Wildman–Crippen MR) is 81.7 cm³/mol. The molecule has 5 nitrogen and oxygen atoms in total. The van der Waals surface area contributed by atoms with E-state index in [0.29, 0.717) is 12.5 Å². The van der Waals surface area contributed by atoms with Gasteiger partial charge in [0.15, 0.2) is 9.84 Å². The Morgan fingerprint density at radius 2 is 2.25 bits per heavy atom. The molecule has 0 bridgehead atoms. The summed E-state index contributed by atoms with van der Waals surface area (Å²) in [7, 11) is -0.935. The highest BCUT2D eigenvalue weighted by molar-refractivity contribution is 7.91. The molecule has 1 saturated heterocycles. The Morgan fingerprint density at radius 1 is 1.50 bits per heavy atom. The SMILES string of the molecule is CC(C)NCc1cccnc1N(C)C1CCS(=O)(=O)C1. The highest BCUT2D eigenvalue weighted by Gasteiger charge is 2.31. The number of rotatable bonds is 5. The van der Waals surface area contributed by atoms with Crippen molar-refractivity contribution in [3.8, 4) is 0 Å². The van der Waals surface area contributed by atoms with E-state index in [1.807, 2.05) is 24.1 Å². The van der Waals surface area contributed by atoms with Crippen molar-refractivity contribution >= 4 is 15.7 Å². The molecular formula is C14H23N3O2S. The summed E-state index contributed by atoms with van der Waals surface area (Å²) in [5.74, 6) is 1.40. The first-order valence-electron chi connectivity index (χ1n) is 6.99. The van der Waals surface area contributed by atoms with Crippen LogP contribution in [0, 0.1) is 0 Å². The van der Waals surface area contributed by atoms with Crippen LogP contribution in [0.25, 0.3) is 0 Å². The van der Waals surface area contributed by atoms with E-state index in [2.05, 4.69) is 24.1 Å². The molecule has 20 heavy (non-hydrogen) atoms. The van der Waals surface area contributed by atoms with E-state index < -0.39 is 9.84 Å². The summed E-state index contributed by atoms with van der Waals surface area (Å²) >= 11 is 0. The van der Waals surface area contributed by atoms with Crippen LogP contribution in [0.1, 0.15) is 25.8 Å². The lowest BCUT2D eigenvalue weighted by molar-refractivity contribution is 0.584. The first-order chi connectivity index (χ1) is 9.39. The maximum Gasteiger partial charge on any atom is 0.152 e. The molecule has 0 saturated carbocycles. The summed E-state index contributed by atoms with van der Waals surface area (Å²) in [5, 5.41) is 3.38. The van der Waals surface area contributed by atoms with E-state index in [-0.39, 0.29) is 17.5 Å². The number of anilines is 1. The lowest BCUT2D eigenvalue weighted by Crippen LogP contribution is -2.34. The van der Waals surface area contributed by atoms with Crippen molar-refractivity contribution in [2.45, 2.75) is 38.9 Å². The molecule has 1 fully saturated rings. The molecule has 1 aromatic heterocycles. The second-order valence-corrected chi connectivity index (χ2v) is 7.92. The monoisotopic (exact) mass is 297 g/mol. The van der Waals surface area contributed by atoms with Crippen LogP contribution >= 0.6 is 0 Å². The van der Waals surface area contributed by atoms with Gasteiger partial charge in [-0.2, -0.15) is 0 Å². The summed E-state index contributed by atoms with van der Waals surface area (Å²) in [6.07, 6.45) is 2.45. The van der Waals surface area contributed by atoms with Crippen LogP contribution in [-0.4, -0.2) is 44.0 Å². The van der Waals surface area contributed by atoms with Gasteiger partial charge < -0.3 is 10.2 Å². The summed E-state index contributed by atoms with van der Waals surface area (Å²) in [4.78, 5) is 6.46. The Bertz CT molecular complexity index is 557. The molecule has 1 N–H and O–H groups in total. The van der Waals surface area contributed by atoms with Crippen LogP contribution in [0.5, 0.6) is 0 Å². The van der Waals surface area contributed by atoms with Gasteiger partial charge in [-0.05, 0) is 12.5 Å². The van der Waals surface area contributed by atoms with Gasteiger partial charge in [-0.3, -0.25) is 0 Å². The van der Waals surface area contributed by atoms with E-state index in [1.54, 1.807) is 6.20 Å². The van der Waals surface area contributed by atoms with Crippen LogP contribution in [-0.2, 0) is 16.4 Å². The maximum absolute atomic E-state index is 11.6. The zero-order valence-electron chi connectivity index (χ0n) is 12.3. The van der Waals surface area contributed by atoms with Gasteiger partial charge >= 0.3 is 0 Å². The number of hydrogen-bond acceptors (Lipinski definition) is 5. The molecule has 0 amide bonds. The van der Waals surface area contributed by atoms with Crippen LogP contribution in [0.4, 0.5) is 5.82 Å². The van der Waals surface area contributed by atoms with Crippen molar-refractivity contribution in [3.63, 3.8) is 0 Å². The highest BCUT2D eigenvalue weighted by atomic mass is 32.2. The van der Waals surface area contributed by atoms with Crippen molar-refractivity contribution in [2.24, 2.45) is 0 Å². The van der Waals surface area contributed by atoms with E-state index in [0.717, 1.165) is 17.9 Å². The number of nitrogens with zero attached hydrogens (tertiary/aromatic N) is 2. The molecule has 0 aromatic carbocycles. The van der Waals surface area contributed by atoms with Crippen molar-refractivity contribution in [1.29, 1.82) is 0 Å². The Morgan fingerprint density at radius 3 is 2.85 bits per heavy atom. The van der Waals surface area contributed by atoms with E-state index in [9.17, 15) is 8.42 Å². The van der Waals surface area contributed by atoms with Crippen molar-refractivity contribution < 1.29 is 8.42 Å². The van der Waals surface area contributed by atoms with Crippen molar-refractivity contribution in [1.82, 2.24) is 10.3 Å². The van der Waals surface area contributed by atoms with Gasteiger partial charge in [-0.15, -0.1) is 0 Å². The molecule has 1 unspecified atom stereocenters. The quantitative estimate of drug-likeness (QED) is 0.885. The third-order valence-electron chi connectivity index (χ3n) is 3.66. The number of hydrogen-bond donors (Lipinski definition) is 1. The Hall–Kier alpha value is -1.14. The molecule has 1 aliphatic heterocycles.